The molecule has 2 rings (SSSR count). The van der Waals surface area contributed by atoms with Gasteiger partial charge in [0.2, 0.25) is 0 Å². The largest absolute Gasteiger partial charge is 0.462 e. The molecule has 4 unspecified atom stereocenters. The summed E-state index contributed by atoms with van der Waals surface area (Å²) in [6.45, 7) is 2.68. The van der Waals surface area contributed by atoms with Gasteiger partial charge in [0.25, 0.3) is 0 Å². The van der Waals surface area contributed by atoms with Gasteiger partial charge in [-0.2, -0.15) is 0 Å². The molecular formula is C62H118O15. The first kappa shape index (κ1) is 71.6. The van der Waals surface area contributed by atoms with E-state index in [1.807, 2.05) is 0 Å². The van der Waals surface area contributed by atoms with Crippen LogP contribution in [-0.2, 0) is 38.0 Å². The molecule has 2 aliphatic rings. The summed E-state index contributed by atoms with van der Waals surface area (Å²) in [4.78, 5) is 26.0. The average molecular weight is 1100 g/mol. The Morgan fingerprint density at radius 2 is 0.662 bits per heavy atom. The molecule has 0 bridgehead atoms. The zero-order valence-electron chi connectivity index (χ0n) is 49.0. The quantitative estimate of drug-likeness (QED) is 0.0222. The molecule has 7 N–H and O–H groups in total. The van der Waals surface area contributed by atoms with Crippen molar-refractivity contribution in [3.63, 3.8) is 0 Å². The van der Waals surface area contributed by atoms with Gasteiger partial charge < -0.3 is 64.2 Å². The molecule has 2 heterocycles. The number of rotatable bonds is 53. The lowest BCUT2D eigenvalue weighted by Crippen LogP contribution is -2.61. The molecule has 2 fully saturated rings. The van der Waals surface area contributed by atoms with Gasteiger partial charge in [-0.1, -0.05) is 264 Å². The number of aliphatic hydroxyl groups excluding tert-OH is 7. The van der Waals surface area contributed by atoms with Gasteiger partial charge in [-0.3, -0.25) is 9.59 Å². The van der Waals surface area contributed by atoms with Crippen LogP contribution in [0.2, 0.25) is 0 Å². The number of carbonyl (C=O) groups is 2. The third-order valence-corrected chi connectivity index (χ3v) is 15.8. The smallest absolute Gasteiger partial charge is 0.306 e. The zero-order valence-corrected chi connectivity index (χ0v) is 49.0. The van der Waals surface area contributed by atoms with E-state index < -0.39 is 92.7 Å². The number of carbonyl (C=O) groups excluding carboxylic acids is 2. The Kier molecular flexibility index (Phi) is 45.7. The predicted octanol–water partition coefficient (Wildman–Crippen LogP) is 11.9. The van der Waals surface area contributed by atoms with E-state index in [0.717, 1.165) is 38.5 Å². The van der Waals surface area contributed by atoms with Crippen LogP contribution >= 0.6 is 0 Å². The first-order valence-corrected chi connectivity index (χ1v) is 32.1. The molecule has 0 aromatic heterocycles. The van der Waals surface area contributed by atoms with Gasteiger partial charge in [0.05, 0.1) is 19.8 Å². The molecular weight excluding hydrogens is 985 g/mol. The van der Waals surface area contributed by atoms with Crippen LogP contribution in [0.4, 0.5) is 0 Å². The van der Waals surface area contributed by atoms with Crippen LogP contribution in [-0.4, -0.2) is 142 Å². The van der Waals surface area contributed by atoms with Crippen molar-refractivity contribution in [3.8, 4) is 0 Å². The van der Waals surface area contributed by atoms with Crippen molar-refractivity contribution in [1.82, 2.24) is 0 Å². The van der Waals surface area contributed by atoms with Gasteiger partial charge in [0.15, 0.2) is 18.7 Å². The number of ether oxygens (including phenoxy) is 6. The minimum atomic E-state index is -1.76. The van der Waals surface area contributed by atoms with Gasteiger partial charge in [-0.15, -0.1) is 0 Å². The lowest BCUT2D eigenvalue weighted by molar-refractivity contribution is -0.332. The number of unbranched alkanes of at least 4 members (excludes halogenated alkanes) is 39. The van der Waals surface area contributed by atoms with Crippen molar-refractivity contribution >= 4 is 11.9 Å². The topological polar surface area (TPSA) is 231 Å². The maximum Gasteiger partial charge on any atom is 0.306 e. The van der Waals surface area contributed by atoms with E-state index in [-0.39, 0.29) is 26.1 Å². The number of esters is 2. The highest BCUT2D eigenvalue weighted by Gasteiger charge is 2.47. The van der Waals surface area contributed by atoms with E-state index in [1.165, 1.54) is 212 Å². The van der Waals surface area contributed by atoms with E-state index in [9.17, 15) is 45.3 Å². The second-order valence-corrected chi connectivity index (χ2v) is 23.0. The van der Waals surface area contributed by atoms with Crippen LogP contribution < -0.4 is 0 Å². The fourth-order valence-corrected chi connectivity index (χ4v) is 10.6. The van der Waals surface area contributed by atoms with Crippen molar-refractivity contribution in [1.29, 1.82) is 0 Å². The zero-order chi connectivity index (χ0) is 56.0. The van der Waals surface area contributed by atoms with Crippen molar-refractivity contribution in [2.24, 2.45) is 0 Å². The number of hydrogen-bond acceptors (Lipinski definition) is 15. The first-order chi connectivity index (χ1) is 37.5. The lowest BCUT2D eigenvalue weighted by Gasteiger charge is -2.42. The highest BCUT2D eigenvalue weighted by Crippen LogP contribution is 2.27. The molecule has 0 aliphatic carbocycles. The highest BCUT2D eigenvalue weighted by molar-refractivity contribution is 5.70. The predicted molar refractivity (Wildman–Crippen MR) is 303 cm³/mol. The van der Waals surface area contributed by atoms with Gasteiger partial charge in [0, 0.05) is 12.8 Å². The summed E-state index contributed by atoms with van der Waals surface area (Å²) in [5, 5.41) is 72.4. The molecule has 456 valence electrons. The third-order valence-electron chi connectivity index (χ3n) is 15.8. The van der Waals surface area contributed by atoms with E-state index in [0.29, 0.717) is 12.8 Å². The molecule has 11 atom stereocenters. The van der Waals surface area contributed by atoms with E-state index in [2.05, 4.69) is 13.8 Å². The first-order valence-electron chi connectivity index (χ1n) is 32.1. The Bertz CT molecular complexity index is 1340. The third kappa shape index (κ3) is 35.9. The second-order valence-electron chi connectivity index (χ2n) is 23.0. The monoisotopic (exact) mass is 1100 g/mol. The molecule has 0 aromatic rings. The molecule has 0 amide bonds. The molecule has 0 saturated carbocycles. The molecule has 2 saturated heterocycles. The fraction of sp³-hybridized carbons (Fsp3) is 0.968. The summed E-state index contributed by atoms with van der Waals surface area (Å²) >= 11 is 0. The maximum atomic E-state index is 13.1. The molecule has 15 nitrogen and oxygen atoms in total. The van der Waals surface area contributed by atoms with Crippen molar-refractivity contribution in [3.05, 3.63) is 0 Å². The number of aliphatic hydroxyl groups is 7. The van der Waals surface area contributed by atoms with Crippen LogP contribution in [0.1, 0.15) is 290 Å². The van der Waals surface area contributed by atoms with E-state index in [1.54, 1.807) is 0 Å². The van der Waals surface area contributed by atoms with Crippen molar-refractivity contribution in [2.75, 3.05) is 26.4 Å². The van der Waals surface area contributed by atoms with Crippen LogP contribution in [0.3, 0.4) is 0 Å². The maximum absolute atomic E-state index is 13.1. The van der Waals surface area contributed by atoms with E-state index >= 15 is 0 Å². The standard InChI is InChI=1S/C62H118O15/c1-3-5-7-9-11-13-15-17-19-21-23-25-27-28-30-32-34-36-38-40-42-44-53(64)72-47-50(75-54(65)45-43-41-39-37-35-33-31-29-26-24-22-20-18-16-14-12-10-8-6-4-2)48-73-61-60(71)58(69)56(67)52(77-61)49-74-62-59(70)57(68)55(66)51(46-63)76-62/h50-52,55-63,66-71H,3-49H2,1-2H3/t50-,51+,52+,55-,56-,57?,58?,59?,60?,61+,62+/m0/s1. The summed E-state index contributed by atoms with van der Waals surface area (Å²) in [5.74, 6) is -0.899. The molecule has 77 heavy (non-hydrogen) atoms. The minimum Gasteiger partial charge on any atom is -0.462 e. The minimum absolute atomic E-state index is 0.174. The Morgan fingerprint density at radius 1 is 0.364 bits per heavy atom. The van der Waals surface area contributed by atoms with Gasteiger partial charge >= 0.3 is 11.9 Å². The fourth-order valence-electron chi connectivity index (χ4n) is 10.6. The lowest BCUT2D eigenvalue weighted by atomic mass is 9.98. The SMILES string of the molecule is CCCCCCCCCCCCCCCCCCCCCCCC(=O)OC[C@@H](CO[C@@H]1O[C@H](CO[C@@H]2O[C@H](CO)[C@H](O)C(O)C2O)[C@H](O)C(O)C1O)OC(=O)CCCCCCCCCCCCCCCCCCCCCC. The van der Waals surface area contributed by atoms with Crippen LogP contribution in [0, 0.1) is 0 Å². The summed E-state index contributed by atoms with van der Waals surface area (Å²) in [5.41, 5.74) is 0. The average Bonchev–Trinajstić information content (AvgIpc) is 3.43. The van der Waals surface area contributed by atoms with Gasteiger partial charge in [-0.05, 0) is 12.8 Å². The molecule has 0 aromatic carbocycles. The molecule has 0 spiro atoms. The summed E-state index contributed by atoms with van der Waals surface area (Å²) in [6.07, 6.45) is 35.5. The summed E-state index contributed by atoms with van der Waals surface area (Å²) in [7, 11) is 0. The van der Waals surface area contributed by atoms with Gasteiger partial charge in [-0.25, -0.2) is 0 Å². The Labute approximate surface area is 468 Å². The van der Waals surface area contributed by atoms with Crippen LogP contribution in [0.5, 0.6) is 0 Å². The highest BCUT2D eigenvalue weighted by atomic mass is 16.7. The summed E-state index contributed by atoms with van der Waals surface area (Å²) in [6, 6.07) is 0. The van der Waals surface area contributed by atoms with Gasteiger partial charge in [0.1, 0.15) is 55.4 Å². The summed E-state index contributed by atoms with van der Waals surface area (Å²) < 4.78 is 33.8. The van der Waals surface area contributed by atoms with Crippen LogP contribution in [0.15, 0.2) is 0 Å². The Hall–Kier alpha value is -1.50. The second kappa shape index (κ2) is 49.1. The Balaban J connectivity index is 1.70. The van der Waals surface area contributed by atoms with Crippen molar-refractivity contribution < 1.29 is 73.8 Å². The Morgan fingerprint density at radius 3 is 1.01 bits per heavy atom. The molecule has 0 radical (unpaired) electrons. The molecule has 2 aliphatic heterocycles. The van der Waals surface area contributed by atoms with Crippen LogP contribution in [0.25, 0.3) is 0 Å². The molecule has 15 heteroatoms. The number of hydrogen-bond donors (Lipinski definition) is 7. The van der Waals surface area contributed by atoms with Crippen molar-refractivity contribution in [2.45, 2.75) is 357 Å². The normalized spacial score (nSPS) is 24.1. The van der Waals surface area contributed by atoms with E-state index in [4.69, 9.17) is 28.4 Å².